The number of phenols is 1. The summed E-state index contributed by atoms with van der Waals surface area (Å²) >= 11 is 0. The Bertz CT molecular complexity index is 1300. The molecule has 2 heterocycles. The largest absolute Gasteiger partial charge is 0.508 e. The molecule has 1 aliphatic heterocycles. The Morgan fingerprint density at radius 3 is 2.73 bits per heavy atom. The number of benzene rings is 3. The van der Waals surface area contributed by atoms with Gasteiger partial charge >= 0.3 is 0 Å². The zero-order valence-electron chi connectivity index (χ0n) is 18.7. The van der Waals surface area contributed by atoms with Crippen LogP contribution in [-0.4, -0.2) is 34.6 Å². The predicted octanol–water partition coefficient (Wildman–Crippen LogP) is 5.61. The highest BCUT2D eigenvalue weighted by molar-refractivity contribution is 5.85. The van der Waals surface area contributed by atoms with E-state index in [1.807, 2.05) is 24.3 Å². The van der Waals surface area contributed by atoms with Crippen molar-refractivity contribution in [3.63, 3.8) is 0 Å². The number of phenolic OH excluding ortho intramolecular Hbond substituents is 1. The second kappa shape index (κ2) is 8.03. The minimum Gasteiger partial charge on any atom is -0.508 e. The van der Waals surface area contributed by atoms with Crippen molar-refractivity contribution in [1.82, 2.24) is 9.88 Å². The number of hydrogen-bond acceptors (Lipinski definition) is 2. The van der Waals surface area contributed by atoms with Gasteiger partial charge in [0.05, 0.1) is 5.52 Å². The van der Waals surface area contributed by atoms with Gasteiger partial charge in [0.1, 0.15) is 11.6 Å². The Hall–Kier alpha value is -3.11. The number of nitrogens with one attached hydrogen (secondary N) is 1. The van der Waals surface area contributed by atoms with Crippen molar-refractivity contribution in [3.8, 4) is 5.75 Å². The van der Waals surface area contributed by atoms with Crippen LogP contribution in [0.4, 0.5) is 4.39 Å². The normalized spacial score (nSPS) is 22.8. The summed E-state index contributed by atoms with van der Waals surface area (Å²) < 4.78 is 14.6. The Balaban J connectivity index is 1.36. The fraction of sp³-hybridized carbons (Fsp3) is 0.310. The van der Waals surface area contributed by atoms with Crippen LogP contribution >= 0.6 is 0 Å². The van der Waals surface area contributed by atoms with Crippen LogP contribution in [-0.2, 0) is 24.7 Å². The lowest BCUT2D eigenvalue weighted by molar-refractivity contribution is 0.0822. The monoisotopic (exact) mass is 440 g/mol. The number of aromatic hydroxyl groups is 1. The molecule has 2 N–H and O–H groups in total. The first-order chi connectivity index (χ1) is 16.1. The van der Waals surface area contributed by atoms with Gasteiger partial charge in [0, 0.05) is 29.6 Å². The van der Waals surface area contributed by atoms with Crippen molar-refractivity contribution < 1.29 is 9.50 Å². The smallest absolute Gasteiger partial charge is 0.147 e. The number of piperidine rings is 1. The summed E-state index contributed by atoms with van der Waals surface area (Å²) in [6.45, 7) is 3.10. The van der Waals surface area contributed by atoms with Gasteiger partial charge in [0.15, 0.2) is 0 Å². The van der Waals surface area contributed by atoms with E-state index in [-0.39, 0.29) is 11.2 Å². The molecule has 6 rings (SSSR count). The molecule has 1 aromatic heterocycles. The summed E-state index contributed by atoms with van der Waals surface area (Å²) in [5.41, 5.74) is 5.60. The van der Waals surface area contributed by atoms with Crippen molar-refractivity contribution in [3.05, 3.63) is 101 Å². The highest BCUT2D eigenvalue weighted by Crippen LogP contribution is 2.49. The SMILES string of the molecule is Oc1cccc([C@]23CCN(CCc4ccccc4)CC2Cc2c([nH]c4c(F)cccc24)C3)c1. The summed E-state index contributed by atoms with van der Waals surface area (Å²) in [5, 5.41) is 11.3. The minimum absolute atomic E-state index is 0.0493. The van der Waals surface area contributed by atoms with Crippen LogP contribution in [0.2, 0.25) is 0 Å². The van der Waals surface area contributed by atoms with Gasteiger partial charge in [0.25, 0.3) is 0 Å². The molecule has 3 aromatic carbocycles. The molecular formula is C29H29FN2O. The zero-order valence-corrected chi connectivity index (χ0v) is 18.7. The van der Waals surface area contributed by atoms with Gasteiger partial charge in [-0.2, -0.15) is 0 Å². The molecule has 1 unspecified atom stereocenters. The average Bonchev–Trinajstić information content (AvgIpc) is 3.20. The number of fused-ring (bicyclic) bond motifs is 4. The van der Waals surface area contributed by atoms with E-state index >= 15 is 0 Å². The Morgan fingerprint density at radius 1 is 1.03 bits per heavy atom. The quantitative estimate of drug-likeness (QED) is 0.433. The number of rotatable bonds is 4. The molecule has 2 aliphatic rings. The molecule has 168 valence electrons. The number of H-pyrrole nitrogens is 1. The van der Waals surface area contributed by atoms with Crippen LogP contribution in [0.15, 0.2) is 72.8 Å². The van der Waals surface area contributed by atoms with Crippen molar-refractivity contribution >= 4 is 10.9 Å². The van der Waals surface area contributed by atoms with Gasteiger partial charge < -0.3 is 15.0 Å². The standard InChI is InChI=1S/C29H29FN2O/c30-26-11-5-10-24-25-17-22-19-32(14-12-20-6-2-1-3-7-20)15-13-29(22,18-27(25)31-28(24)26)21-8-4-9-23(33)16-21/h1-11,16,22,31,33H,12-15,17-19H2/t22?,29-/m1/s1. The van der Waals surface area contributed by atoms with Gasteiger partial charge in [-0.05, 0) is 73.0 Å². The number of aromatic amines is 1. The molecule has 1 fully saturated rings. The second-order valence-corrected chi connectivity index (χ2v) is 9.82. The summed E-state index contributed by atoms with van der Waals surface area (Å²) in [7, 11) is 0. The van der Waals surface area contributed by atoms with E-state index in [4.69, 9.17) is 0 Å². The second-order valence-electron chi connectivity index (χ2n) is 9.82. The molecule has 0 amide bonds. The van der Waals surface area contributed by atoms with E-state index in [0.717, 1.165) is 56.4 Å². The summed E-state index contributed by atoms with van der Waals surface area (Å²) in [4.78, 5) is 6.03. The maximum Gasteiger partial charge on any atom is 0.147 e. The highest BCUT2D eigenvalue weighted by atomic mass is 19.1. The molecule has 33 heavy (non-hydrogen) atoms. The molecule has 0 saturated carbocycles. The van der Waals surface area contributed by atoms with Crippen LogP contribution in [0, 0.1) is 11.7 Å². The molecule has 0 spiro atoms. The topological polar surface area (TPSA) is 39.3 Å². The zero-order chi connectivity index (χ0) is 22.4. The molecule has 1 aliphatic carbocycles. The number of hydrogen-bond donors (Lipinski definition) is 2. The average molecular weight is 441 g/mol. The fourth-order valence-corrected chi connectivity index (χ4v) is 6.30. The third kappa shape index (κ3) is 3.53. The van der Waals surface area contributed by atoms with Crippen molar-refractivity contribution in [2.24, 2.45) is 5.92 Å². The van der Waals surface area contributed by atoms with E-state index in [9.17, 15) is 9.50 Å². The molecule has 0 bridgehead atoms. The highest BCUT2D eigenvalue weighted by Gasteiger charge is 2.48. The molecule has 4 aromatic rings. The van der Waals surface area contributed by atoms with Crippen LogP contribution in [0.3, 0.4) is 0 Å². The minimum atomic E-state index is -0.180. The van der Waals surface area contributed by atoms with Crippen molar-refractivity contribution in [2.75, 3.05) is 19.6 Å². The van der Waals surface area contributed by atoms with Gasteiger partial charge in [-0.25, -0.2) is 4.39 Å². The number of likely N-dealkylation sites (tertiary alicyclic amines) is 1. The fourth-order valence-electron chi connectivity index (χ4n) is 6.30. The van der Waals surface area contributed by atoms with E-state index in [2.05, 4.69) is 46.3 Å². The van der Waals surface area contributed by atoms with Crippen molar-refractivity contribution in [1.29, 1.82) is 0 Å². The van der Waals surface area contributed by atoms with Gasteiger partial charge in [0.2, 0.25) is 0 Å². The third-order valence-corrected chi connectivity index (χ3v) is 8.04. The molecule has 0 radical (unpaired) electrons. The lowest BCUT2D eigenvalue weighted by atomic mass is 9.58. The lowest BCUT2D eigenvalue weighted by Gasteiger charge is -2.51. The predicted molar refractivity (Wildman–Crippen MR) is 130 cm³/mol. The first-order valence-corrected chi connectivity index (χ1v) is 12.0. The van der Waals surface area contributed by atoms with Gasteiger partial charge in [-0.15, -0.1) is 0 Å². The first kappa shape index (κ1) is 20.5. The molecular weight excluding hydrogens is 411 g/mol. The van der Waals surface area contributed by atoms with Crippen LogP contribution in [0.5, 0.6) is 5.75 Å². The summed E-state index contributed by atoms with van der Waals surface area (Å²) in [5.74, 6) is 0.556. The number of para-hydroxylation sites is 1. The molecule has 1 saturated heterocycles. The molecule has 3 nitrogen and oxygen atoms in total. The van der Waals surface area contributed by atoms with E-state index in [1.54, 1.807) is 6.07 Å². The first-order valence-electron chi connectivity index (χ1n) is 12.0. The van der Waals surface area contributed by atoms with E-state index in [1.165, 1.54) is 22.8 Å². The number of halogens is 1. The van der Waals surface area contributed by atoms with Gasteiger partial charge in [-0.1, -0.05) is 54.6 Å². The van der Waals surface area contributed by atoms with Crippen molar-refractivity contribution in [2.45, 2.75) is 31.1 Å². The molecule has 4 heteroatoms. The third-order valence-electron chi connectivity index (χ3n) is 8.04. The maximum absolute atomic E-state index is 14.6. The summed E-state index contributed by atoms with van der Waals surface area (Å²) in [6, 6.07) is 23.9. The number of aromatic nitrogens is 1. The maximum atomic E-state index is 14.6. The summed E-state index contributed by atoms with van der Waals surface area (Å²) in [6.07, 6.45) is 3.87. The Labute approximate surface area is 193 Å². The van der Waals surface area contributed by atoms with Crippen LogP contribution in [0.25, 0.3) is 10.9 Å². The van der Waals surface area contributed by atoms with E-state index < -0.39 is 0 Å². The van der Waals surface area contributed by atoms with Gasteiger partial charge in [-0.3, -0.25) is 0 Å². The lowest BCUT2D eigenvalue weighted by Crippen LogP contribution is -2.54. The van der Waals surface area contributed by atoms with E-state index in [0.29, 0.717) is 17.2 Å². The number of nitrogens with zero attached hydrogens (tertiary/aromatic N) is 1. The van der Waals surface area contributed by atoms with Crippen LogP contribution < -0.4 is 0 Å². The van der Waals surface area contributed by atoms with Crippen LogP contribution in [0.1, 0.15) is 28.8 Å². The Kier molecular flexibility index (Phi) is 4.99. The molecule has 2 atom stereocenters. The Morgan fingerprint density at radius 2 is 1.88 bits per heavy atom.